The van der Waals surface area contributed by atoms with Crippen LogP contribution in [0.15, 0.2) is 47.4 Å². The second-order valence-electron chi connectivity index (χ2n) is 6.07. The highest BCUT2D eigenvalue weighted by molar-refractivity contribution is 7.89. The van der Waals surface area contributed by atoms with Crippen LogP contribution in [0.3, 0.4) is 0 Å². The molecule has 1 aliphatic rings. The Hall–Kier alpha value is -2.07. The molecule has 146 valence electrons. The van der Waals surface area contributed by atoms with Gasteiger partial charge in [-0.3, -0.25) is 10.1 Å². The van der Waals surface area contributed by atoms with Crippen LogP contribution < -0.4 is 5.32 Å². The number of benzene rings is 2. The lowest BCUT2D eigenvalue weighted by molar-refractivity contribution is -0.387. The van der Waals surface area contributed by atoms with Crippen molar-refractivity contribution < 1.29 is 17.7 Å². The zero-order valence-corrected chi connectivity index (χ0v) is 16.1. The summed E-state index contributed by atoms with van der Waals surface area (Å²) in [7, 11) is -4.15. The Morgan fingerprint density at radius 1 is 1.26 bits per heavy atom. The summed E-state index contributed by atoms with van der Waals surface area (Å²) in [6.07, 6.45) is 0. The minimum absolute atomic E-state index is 0. The predicted octanol–water partition coefficient (Wildman–Crippen LogP) is 2.80. The molecule has 0 aliphatic carbocycles. The number of nitrogens with one attached hydrogen (secondary N) is 1. The topological polar surface area (TPSA) is 92.5 Å². The number of piperazine rings is 1. The van der Waals surface area contributed by atoms with Gasteiger partial charge < -0.3 is 5.32 Å². The van der Waals surface area contributed by atoms with Gasteiger partial charge >= 0.3 is 0 Å². The van der Waals surface area contributed by atoms with Gasteiger partial charge in [-0.05, 0) is 30.2 Å². The summed E-state index contributed by atoms with van der Waals surface area (Å²) in [5, 5.41) is 14.5. The maximum Gasteiger partial charge on any atom is 0.289 e. The molecule has 27 heavy (non-hydrogen) atoms. The summed E-state index contributed by atoms with van der Waals surface area (Å²) in [5.41, 5.74) is 0.342. The second-order valence-corrected chi connectivity index (χ2v) is 7.90. The molecule has 3 rings (SSSR count). The van der Waals surface area contributed by atoms with Crippen LogP contribution in [0.4, 0.5) is 10.1 Å². The van der Waals surface area contributed by atoms with E-state index in [4.69, 9.17) is 0 Å². The van der Waals surface area contributed by atoms with Crippen LogP contribution in [-0.2, 0) is 10.0 Å². The van der Waals surface area contributed by atoms with Crippen molar-refractivity contribution >= 4 is 28.1 Å². The number of hydrogen-bond acceptors (Lipinski definition) is 5. The third-order valence-corrected chi connectivity index (χ3v) is 6.48. The first kappa shape index (κ1) is 21.2. The van der Waals surface area contributed by atoms with E-state index in [1.54, 1.807) is 6.07 Å². The van der Waals surface area contributed by atoms with Crippen LogP contribution >= 0.6 is 12.4 Å². The van der Waals surface area contributed by atoms with Crippen molar-refractivity contribution in [1.82, 2.24) is 9.62 Å². The third kappa shape index (κ3) is 4.11. The maximum atomic E-state index is 13.6. The summed E-state index contributed by atoms with van der Waals surface area (Å²) in [6.45, 7) is 2.36. The molecule has 0 aromatic heterocycles. The van der Waals surface area contributed by atoms with E-state index in [1.165, 1.54) is 47.6 Å². The Morgan fingerprint density at radius 3 is 2.63 bits per heavy atom. The highest BCUT2D eigenvalue weighted by Gasteiger charge is 2.39. The van der Waals surface area contributed by atoms with Crippen LogP contribution in [0.25, 0.3) is 0 Å². The average Bonchev–Trinajstić information content (AvgIpc) is 2.61. The van der Waals surface area contributed by atoms with Gasteiger partial charge in [0.2, 0.25) is 0 Å². The van der Waals surface area contributed by atoms with Gasteiger partial charge in [-0.15, -0.1) is 12.4 Å². The van der Waals surface area contributed by atoms with Gasteiger partial charge in [-0.1, -0.05) is 24.3 Å². The van der Waals surface area contributed by atoms with Gasteiger partial charge in [0.15, 0.2) is 4.90 Å². The molecular weight excluding hydrogens is 397 g/mol. The number of nitro groups is 1. The van der Waals surface area contributed by atoms with Crippen LogP contribution in [0.5, 0.6) is 0 Å². The van der Waals surface area contributed by atoms with Crippen molar-refractivity contribution in [2.45, 2.75) is 17.9 Å². The Labute approximate surface area is 162 Å². The normalized spacial score (nSPS) is 17.9. The molecule has 1 aliphatic heterocycles. The van der Waals surface area contributed by atoms with Crippen LogP contribution in [0, 0.1) is 22.9 Å². The lowest BCUT2D eigenvalue weighted by Crippen LogP contribution is -2.48. The average molecular weight is 416 g/mol. The van der Waals surface area contributed by atoms with Crippen molar-refractivity contribution in [1.29, 1.82) is 0 Å². The van der Waals surface area contributed by atoms with Gasteiger partial charge in [0, 0.05) is 25.7 Å². The molecule has 1 N–H and O–H groups in total. The van der Waals surface area contributed by atoms with Gasteiger partial charge in [0.25, 0.3) is 15.7 Å². The number of hydrogen-bond donors (Lipinski definition) is 1. The zero-order valence-electron chi connectivity index (χ0n) is 14.5. The molecule has 1 saturated heterocycles. The number of nitrogens with zero attached hydrogens (tertiary/aromatic N) is 2. The first-order chi connectivity index (χ1) is 12.3. The van der Waals surface area contributed by atoms with E-state index in [1.807, 2.05) is 0 Å². The first-order valence-electron chi connectivity index (χ1n) is 8.04. The minimum atomic E-state index is -4.15. The fraction of sp³-hybridized carbons (Fsp3) is 0.294. The van der Waals surface area contributed by atoms with Crippen LogP contribution in [-0.4, -0.2) is 37.3 Å². The second kappa shape index (κ2) is 8.30. The summed E-state index contributed by atoms with van der Waals surface area (Å²) >= 11 is 0. The van der Waals surface area contributed by atoms with Crippen LogP contribution in [0.2, 0.25) is 0 Å². The molecule has 2 aromatic carbocycles. The van der Waals surface area contributed by atoms with E-state index < -0.39 is 32.5 Å². The molecule has 1 fully saturated rings. The molecule has 2 aromatic rings. The van der Waals surface area contributed by atoms with Gasteiger partial charge in [-0.2, -0.15) is 4.31 Å². The highest BCUT2D eigenvalue weighted by Crippen LogP contribution is 2.35. The molecule has 10 heteroatoms. The van der Waals surface area contributed by atoms with Gasteiger partial charge in [0.1, 0.15) is 5.82 Å². The summed E-state index contributed by atoms with van der Waals surface area (Å²) in [5.74, 6) is -0.465. The highest BCUT2D eigenvalue weighted by atomic mass is 35.5. The van der Waals surface area contributed by atoms with Crippen molar-refractivity contribution in [2.75, 3.05) is 19.6 Å². The quantitative estimate of drug-likeness (QED) is 0.612. The van der Waals surface area contributed by atoms with Crippen LogP contribution in [0.1, 0.15) is 17.2 Å². The summed E-state index contributed by atoms with van der Waals surface area (Å²) in [6, 6.07) is 9.24. The molecule has 0 saturated carbocycles. The number of sulfonamides is 1. The molecule has 0 spiro atoms. The molecular formula is C17H19ClFN3O4S. The fourth-order valence-electron chi connectivity index (χ4n) is 3.20. The first-order valence-corrected chi connectivity index (χ1v) is 9.48. The Morgan fingerprint density at radius 2 is 1.96 bits per heavy atom. The fourth-order valence-corrected chi connectivity index (χ4v) is 5.18. The SMILES string of the molecule is Cc1cccc([N+](=O)[O-])c1S(=O)(=O)N1CCNCC1c1cccc(F)c1.Cl. The standard InChI is InChI=1S/C17H18FN3O4S.ClH/c1-12-4-2-7-15(21(22)23)17(12)26(24,25)20-9-8-19-11-16(20)13-5-3-6-14(18)10-13;/h2-7,10,16,19H,8-9,11H2,1H3;1H. The molecule has 0 radical (unpaired) electrons. The lowest BCUT2D eigenvalue weighted by atomic mass is 10.1. The van der Waals surface area contributed by atoms with E-state index >= 15 is 0 Å². The number of halogens is 2. The van der Waals surface area contributed by atoms with E-state index in [0.29, 0.717) is 24.2 Å². The number of nitro benzene ring substituents is 1. The lowest BCUT2D eigenvalue weighted by Gasteiger charge is -2.35. The van der Waals surface area contributed by atoms with Crippen molar-refractivity contribution in [3.8, 4) is 0 Å². The Kier molecular flexibility index (Phi) is 6.53. The minimum Gasteiger partial charge on any atom is -0.313 e. The summed E-state index contributed by atoms with van der Waals surface area (Å²) in [4.78, 5) is 10.4. The third-order valence-electron chi connectivity index (χ3n) is 4.38. The van der Waals surface area contributed by atoms with E-state index in [-0.39, 0.29) is 23.8 Å². The molecule has 1 atom stereocenters. The number of aryl methyl sites for hydroxylation is 1. The molecule has 0 amide bonds. The largest absolute Gasteiger partial charge is 0.313 e. The molecule has 1 unspecified atom stereocenters. The van der Waals surface area contributed by atoms with Gasteiger partial charge in [-0.25, -0.2) is 12.8 Å². The van der Waals surface area contributed by atoms with E-state index in [2.05, 4.69) is 5.32 Å². The Balaban J connectivity index is 0.00000261. The molecule has 7 nitrogen and oxygen atoms in total. The zero-order chi connectivity index (χ0) is 18.9. The maximum absolute atomic E-state index is 13.6. The van der Waals surface area contributed by atoms with E-state index in [9.17, 15) is 22.9 Å². The van der Waals surface area contributed by atoms with E-state index in [0.717, 1.165) is 0 Å². The predicted molar refractivity (Wildman–Crippen MR) is 101 cm³/mol. The smallest absolute Gasteiger partial charge is 0.289 e. The number of rotatable bonds is 4. The Bertz CT molecular complexity index is 955. The van der Waals surface area contributed by atoms with Crippen molar-refractivity contribution in [3.63, 3.8) is 0 Å². The van der Waals surface area contributed by atoms with Crippen molar-refractivity contribution in [2.24, 2.45) is 0 Å². The molecule has 0 bridgehead atoms. The molecule has 1 heterocycles. The van der Waals surface area contributed by atoms with Gasteiger partial charge in [0.05, 0.1) is 11.0 Å². The monoisotopic (exact) mass is 415 g/mol. The summed E-state index contributed by atoms with van der Waals surface area (Å²) < 4.78 is 41.4. The van der Waals surface area contributed by atoms with Crippen molar-refractivity contribution in [3.05, 3.63) is 69.5 Å².